The van der Waals surface area contributed by atoms with E-state index in [4.69, 9.17) is 9.26 Å². The van der Waals surface area contributed by atoms with Crippen molar-refractivity contribution in [2.75, 3.05) is 13.1 Å². The van der Waals surface area contributed by atoms with Crippen LogP contribution in [0.5, 0.6) is 5.88 Å². The first-order chi connectivity index (χ1) is 11.2. The first kappa shape index (κ1) is 14.7. The predicted molar refractivity (Wildman–Crippen MR) is 85.4 cm³/mol. The van der Waals surface area contributed by atoms with Crippen LogP contribution in [0.1, 0.15) is 41.4 Å². The van der Waals surface area contributed by atoms with E-state index in [1.54, 1.807) is 17.2 Å². The highest BCUT2D eigenvalue weighted by molar-refractivity contribution is 9.10. The monoisotopic (exact) mass is 377 g/mol. The van der Waals surface area contributed by atoms with Crippen molar-refractivity contribution in [1.82, 2.24) is 15.0 Å². The number of ether oxygens (including phenoxy) is 1. The number of pyridine rings is 1. The highest BCUT2D eigenvalue weighted by Crippen LogP contribution is 2.40. The van der Waals surface area contributed by atoms with Gasteiger partial charge in [0.05, 0.1) is 11.0 Å². The molecule has 1 amide bonds. The number of carbonyl (C=O) groups excluding carboxylic acids is 1. The van der Waals surface area contributed by atoms with Crippen LogP contribution in [0.4, 0.5) is 0 Å². The minimum atomic E-state index is -0.0909. The molecule has 0 bridgehead atoms. The maximum atomic E-state index is 12.5. The van der Waals surface area contributed by atoms with Gasteiger partial charge in [0.25, 0.3) is 5.91 Å². The van der Waals surface area contributed by atoms with Gasteiger partial charge in [-0.3, -0.25) is 4.79 Å². The topological polar surface area (TPSA) is 68.5 Å². The molecule has 0 aromatic carbocycles. The Morgan fingerprint density at radius 3 is 3.04 bits per heavy atom. The van der Waals surface area contributed by atoms with Gasteiger partial charge in [-0.15, -0.1) is 0 Å². The molecule has 0 radical (unpaired) electrons. The second-order valence-corrected chi connectivity index (χ2v) is 6.81. The van der Waals surface area contributed by atoms with E-state index >= 15 is 0 Å². The summed E-state index contributed by atoms with van der Waals surface area (Å²) in [6, 6.07) is 5.50. The van der Waals surface area contributed by atoms with Crippen LogP contribution < -0.4 is 4.74 Å². The second-order valence-electron chi connectivity index (χ2n) is 5.96. The molecule has 23 heavy (non-hydrogen) atoms. The van der Waals surface area contributed by atoms with E-state index in [0.717, 1.165) is 29.5 Å². The largest absolute Gasteiger partial charge is 0.472 e. The van der Waals surface area contributed by atoms with Gasteiger partial charge in [-0.25, -0.2) is 4.98 Å². The summed E-state index contributed by atoms with van der Waals surface area (Å²) in [7, 11) is 0. The predicted octanol–water partition coefficient (Wildman–Crippen LogP) is 3.00. The van der Waals surface area contributed by atoms with Crippen LogP contribution in [-0.4, -0.2) is 40.1 Å². The van der Waals surface area contributed by atoms with Crippen LogP contribution in [0.25, 0.3) is 0 Å². The fourth-order valence-electron chi connectivity index (χ4n) is 2.74. The number of carbonyl (C=O) groups is 1. The van der Waals surface area contributed by atoms with Crippen LogP contribution >= 0.6 is 15.9 Å². The van der Waals surface area contributed by atoms with Crippen molar-refractivity contribution in [2.24, 2.45) is 0 Å². The number of rotatable bonds is 4. The highest BCUT2D eigenvalue weighted by atomic mass is 79.9. The normalized spacial score (nSPS) is 20.7. The SMILES string of the molecule is O=C(c1cc(C2CC2)on1)N1CCC(Oc2ncccc2Br)C1. The van der Waals surface area contributed by atoms with Crippen LogP contribution in [0.2, 0.25) is 0 Å². The number of likely N-dealkylation sites (tertiary alicyclic amines) is 1. The molecule has 1 aliphatic heterocycles. The van der Waals surface area contributed by atoms with E-state index in [0.29, 0.717) is 30.6 Å². The highest BCUT2D eigenvalue weighted by Gasteiger charge is 2.33. The summed E-state index contributed by atoms with van der Waals surface area (Å²) in [6.07, 6.45) is 4.66. The van der Waals surface area contributed by atoms with E-state index in [1.807, 2.05) is 12.1 Å². The van der Waals surface area contributed by atoms with Gasteiger partial charge in [-0.1, -0.05) is 5.16 Å². The second kappa shape index (κ2) is 5.96. The Hall–Kier alpha value is -1.89. The molecule has 2 fully saturated rings. The lowest BCUT2D eigenvalue weighted by molar-refractivity contribution is 0.0760. The quantitative estimate of drug-likeness (QED) is 0.818. The zero-order valence-electron chi connectivity index (χ0n) is 12.4. The fraction of sp³-hybridized carbons (Fsp3) is 0.438. The minimum absolute atomic E-state index is 0.0556. The molecule has 2 aromatic rings. The third kappa shape index (κ3) is 3.10. The third-order valence-electron chi connectivity index (χ3n) is 4.16. The van der Waals surface area contributed by atoms with Crippen LogP contribution in [-0.2, 0) is 0 Å². The molecule has 120 valence electrons. The fourth-order valence-corrected chi connectivity index (χ4v) is 3.09. The van der Waals surface area contributed by atoms with Gasteiger partial charge in [-0.2, -0.15) is 0 Å². The molecular weight excluding hydrogens is 362 g/mol. The van der Waals surface area contributed by atoms with Crippen molar-refractivity contribution in [3.05, 3.63) is 40.3 Å². The van der Waals surface area contributed by atoms with E-state index in [1.165, 1.54) is 0 Å². The molecule has 1 unspecified atom stereocenters. The summed E-state index contributed by atoms with van der Waals surface area (Å²) < 4.78 is 12.0. The van der Waals surface area contributed by atoms with E-state index in [9.17, 15) is 4.79 Å². The molecule has 6 nitrogen and oxygen atoms in total. The first-order valence-corrected chi connectivity index (χ1v) is 8.53. The molecule has 0 N–H and O–H groups in total. The standard InChI is InChI=1S/C16H16BrN3O3/c17-12-2-1-6-18-15(12)22-11-5-7-20(9-11)16(21)13-8-14(23-19-13)10-3-4-10/h1-2,6,8,10-11H,3-5,7,9H2. The lowest BCUT2D eigenvalue weighted by Gasteiger charge is -2.16. The van der Waals surface area contributed by atoms with Gasteiger partial charge in [0, 0.05) is 31.1 Å². The summed E-state index contributed by atoms with van der Waals surface area (Å²) in [5, 5.41) is 3.92. The number of nitrogens with zero attached hydrogens (tertiary/aromatic N) is 3. The Morgan fingerprint density at radius 2 is 2.26 bits per heavy atom. The smallest absolute Gasteiger partial charge is 0.276 e. The van der Waals surface area contributed by atoms with Crippen molar-refractivity contribution in [1.29, 1.82) is 0 Å². The molecule has 2 aliphatic rings. The van der Waals surface area contributed by atoms with Gasteiger partial charge in [0.2, 0.25) is 5.88 Å². The average molecular weight is 378 g/mol. The number of hydrogen-bond donors (Lipinski definition) is 0. The Kier molecular flexibility index (Phi) is 3.80. The number of hydrogen-bond acceptors (Lipinski definition) is 5. The van der Waals surface area contributed by atoms with Crippen molar-refractivity contribution in [3.8, 4) is 5.88 Å². The Morgan fingerprint density at radius 1 is 1.39 bits per heavy atom. The lowest BCUT2D eigenvalue weighted by atomic mass is 10.2. The van der Waals surface area contributed by atoms with Crippen molar-refractivity contribution in [2.45, 2.75) is 31.3 Å². The Labute approximate surface area is 141 Å². The maximum Gasteiger partial charge on any atom is 0.276 e. The number of amides is 1. The van der Waals surface area contributed by atoms with E-state index in [2.05, 4.69) is 26.1 Å². The van der Waals surface area contributed by atoms with Gasteiger partial charge < -0.3 is 14.2 Å². The molecule has 0 spiro atoms. The molecule has 2 aromatic heterocycles. The van der Waals surface area contributed by atoms with Gasteiger partial charge >= 0.3 is 0 Å². The lowest BCUT2D eigenvalue weighted by Crippen LogP contribution is -2.31. The van der Waals surface area contributed by atoms with Gasteiger partial charge in [0.15, 0.2) is 5.69 Å². The van der Waals surface area contributed by atoms with Gasteiger partial charge in [-0.05, 0) is 40.9 Å². The molecule has 1 saturated heterocycles. The van der Waals surface area contributed by atoms with Crippen LogP contribution in [0, 0.1) is 0 Å². The molecule has 1 aliphatic carbocycles. The Bertz CT molecular complexity index is 729. The maximum absolute atomic E-state index is 12.5. The molecule has 1 saturated carbocycles. The Balaban J connectivity index is 1.39. The average Bonchev–Trinajstić information content (AvgIpc) is 3.11. The molecule has 3 heterocycles. The summed E-state index contributed by atoms with van der Waals surface area (Å²) in [5.74, 6) is 1.76. The third-order valence-corrected chi connectivity index (χ3v) is 4.77. The molecule has 1 atom stereocenters. The molecular formula is C16H16BrN3O3. The van der Waals surface area contributed by atoms with E-state index in [-0.39, 0.29) is 12.0 Å². The summed E-state index contributed by atoms with van der Waals surface area (Å²) in [4.78, 5) is 18.5. The van der Waals surface area contributed by atoms with Crippen molar-refractivity contribution in [3.63, 3.8) is 0 Å². The van der Waals surface area contributed by atoms with Gasteiger partial charge in [0.1, 0.15) is 11.9 Å². The van der Waals surface area contributed by atoms with Crippen molar-refractivity contribution < 1.29 is 14.1 Å². The first-order valence-electron chi connectivity index (χ1n) is 7.74. The molecule has 7 heteroatoms. The van der Waals surface area contributed by atoms with Crippen LogP contribution in [0.3, 0.4) is 0 Å². The summed E-state index contributed by atoms with van der Waals surface area (Å²) in [5.41, 5.74) is 0.395. The minimum Gasteiger partial charge on any atom is -0.472 e. The zero-order valence-corrected chi connectivity index (χ0v) is 14.0. The molecule has 4 rings (SSSR count). The van der Waals surface area contributed by atoms with Crippen molar-refractivity contribution >= 4 is 21.8 Å². The number of aromatic nitrogens is 2. The van der Waals surface area contributed by atoms with E-state index < -0.39 is 0 Å². The van der Waals surface area contributed by atoms with Crippen LogP contribution in [0.15, 0.2) is 33.4 Å². The number of halogens is 1. The summed E-state index contributed by atoms with van der Waals surface area (Å²) >= 11 is 3.42. The zero-order chi connectivity index (χ0) is 15.8. The summed E-state index contributed by atoms with van der Waals surface area (Å²) in [6.45, 7) is 1.19.